The van der Waals surface area contributed by atoms with Crippen LogP contribution >= 0.6 is 0 Å². The highest BCUT2D eigenvalue weighted by molar-refractivity contribution is 5.91. The minimum absolute atomic E-state index is 0.0244. The van der Waals surface area contributed by atoms with Gasteiger partial charge < -0.3 is 16.8 Å². The molecule has 0 radical (unpaired) electrons. The molecule has 0 saturated heterocycles. The Labute approximate surface area is 110 Å². The van der Waals surface area contributed by atoms with Crippen molar-refractivity contribution in [1.29, 1.82) is 0 Å². The highest BCUT2D eigenvalue weighted by Gasteiger charge is 2.08. The smallest absolute Gasteiger partial charge is 0.231 e. The molecule has 0 unspecified atom stereocenters. The molecular weight excluding hydrogens is 251 g/mol. The standard InChI is InChI=1S/C12H17FN4O2/c1-17(7-11(15)18)5-4-12(19)16-8-2-3-9(13)10(14)6-8/h2-3,6H,4-5,7,14H2,1H3,(H2,15,18)(H,16,19). The Hall–Kier alpha value is -2.15. The monoisotopic (exact) mass is 268 g/mol. The summed E-state index contributed by atoms with van der Waals surface area (Å²) in [7, 11) is 1.69. The first-order valence-corrected chi connectivity index (χ1v) is 5.70. The van der Waals surface area contributed by atoms with Gasteiger partial charge in [0.25, 0.3) is 0 Å². The van der Waals surface area contributed by atoms with Gasteiger partial charge in [-0.3, -0.25) is 14.5 Å². The molecule has 2 amide bonds. The lowest BCUT2D eigenvalue weighted by atomic mass is 10.2. The number of carbonyl (C=O) groups is 2. The van der Waals surface area contributed by atoms with Crippen molar-refractivity contribution in [3.8, 4) is 0 Å². The van der Waals surface area contributed by atoms with Crippen LogP contribution in [0.25, 0.3) is 0 Å². The zero-order valence-electron chi connectivity index (χ0n) is 10.6. The fraction of sp³-hybridized carbons (Fsp3) is 0.333. The van der Waals surface area contributed by atoms with Gasteiger partial charge in [0.05, 0.1) is 12.2 Å². The number of benzene rings is 1. The SMILES string of the molecule is CN(CCC(=O)Nc1ccc(F)c(N)c1)CC(N)=O. The molecule has 0 aliphatic rings. The van der Waals surface area contributed by atoms with Gasteiger partial charge in [-0.2, -0.15) is 0 Å². The summed E-state index contributed by atoms with van der Waals surface area (Å²) in [4.78, 5) is 23.9. The zero-order chi connectivity index (χ0) is 14.4. The summed E-state index contributed by atoms with van der Waals surface area (Å²) in [5, 5.41) is 2.59. The van der Waals surface area contributed by atoms with Crippen molar-refractivity contribution in [1.82, 2.24) is 4.90 Å². The molecule has 0 aliphatic carbocycles. The molecule has 1 aromatic rings. The van der Waals surface area contributed by atoms with Crippen LogP contribution in [-0.4, -0.2) is 36.9 Å². The van der Waals surface area contributed by atoms with E-state index in [1.165, 1.54) is 18.2 Å². The van der Waals surface area contributed by atoms with Crippen LogP contribution in [-0.2, 0) is 9.59 Å². The molecule has 0 spiro atoms. The van der Waals surface area contributed by atoms with Gasteiger partial charge in [-0.05, 0) is 25.2 Å². The van der Waals surface area contributed by atoms with Gasteiger partial charge in [0.2, 0.25) is 11.8 Å². The van der Waals surface area contributed by atoms with Crippen molar-refractivity contribution in [2.24, 2.45) is 5.73 Å². The maximum atomic E-state index is 12.9. The Morgan fingerprint density at radius 1 is 1.42 bits per heavy atom. The van der Waals surface area contributed by atoms with Crippen molar-refractivity contribution < 1.29 is 14.0 Å². The number of nitrogens with zero attached hydrogens (tertiary/aromatic N) is 1. The number of hydrogen-bond donors (Lipinski definition) is 3. The van der Waals surface area contributed by atoms with Gasteiger partial charge in [-0.1, -0.05) is 0 Å². The molecule has 0 fully saturated rings. The Morgan fingerprint density at radius 3 is 2.68 bits per heavy atom. The number of hydrogen-bond acceptors (Lipinski definition) is 4. The molecule has 19 heavy (non-hydrogen) atoms. The summed E-state index contributed by atoms with van der Waals surface area (Å²) in [6, 6.07) is 3.96. The van der Waals surface area contributed by atoms with Gasteiger partial charge in [-0.15, -0.1) is 0 Å². The first kappa shape index (κ1) is 14.9. The number of halogens is 1. The van der Waals surface area contributed by atoms with Crippen LogP contribution < -0.4 is 16.8 Å². The Balaban J connectivity index is 2.42. The van der Waals surface area contributed by atoms with E-state index < -0.39 is 11.7 Å². The summed E-state index contributed by atoms with van der Waals surface area (Å²) in [6.07, 6.45) is 0.195. The van der Waals surface area contributed by atoms with Crippen LogP contribution in [0.15, 0.2) is 18.2 Å². The molecule has 0 aromatic heterocycles. The fourth-order valence-corrected chi connectivity index (χ4v) is 1.48. The second-order valence-electron chi connectivity index (χ2n) is 4.24. The van der Waals surface area contributed by atoms with Crippen molar-refractivity contribution in [2.45, 2.75) is 6.42 Å². The minimum atomic E-state index is -0.529. The van der Waals surface area contributed by atoms with Crippen LogP contribution in [0.2, 0.25) is 0 Å². The molecule has 6 nitrogen and oxygen atoms in total. The van der Waals surface area contributed by atoms with Crippen LogP contribution in [0, 0.1) is 5.82 Å². The number of nitrogens with one attached hydrogen (secondary N) is 1. The predicted octanol–water partition coefficient (Wildman–Crippen LogP) is 0.154. The quantitative estimate of drug-likeness (QED) is 0.639. The predicted molar refractivity (Wildman–Crippen MR) is 70.8 cm³/mol. The van der Waals surface area contributed by atoms with E-state index in [0.29, 0.717) is 12.2 Å². The van der Waals surface area contributed by atoms with Crippen LogP contribution in [0.1, 0.15) is 6.42 Å². The second kappa shape index (κ2) is 6.69. The maximum Gasteiger partial charge on any atom is 0.231 e. The number of nitrogen functional groups attached to an aromatic ring is 1. The number of carbonyl (C=O) groups excluding carboxylic acids is 2. The molecule has 1 rings (SSSR count). The first-order chi connectivity index (χ1) is 8.88. The van der Waals surface area contributed by atoms with Gasteiger partial charge in [0, 0.05) is 18.7 Å². The largest absolute Gasteiger partial charge is 0.396 e. The van der Waals surface area contributed by atoms with Gasteiger partial charge in [-0.25, -0.2) is 4.39 Å². The Bertz CT molecular complexity index is 479. The third kappa shape index (κ3) is 5.35. The summed E-state index contributed by atoms with van der Waals surface area (Å²) in [5.74, 6) is -1.23. The van der Waals surface area contributed by atoms with Crippen LogP contribution in [0.3, 0.4) is 0 Å². The molecule has 0 aliphatic heterocycles. The number of rotatable bonds is 6. The molecular formula is C12H17FN4O2. The molecule has 7 heteroatoms. The second-order valence-corrected chi connectivity index (χ2v) is 4.24. The van der Waals surface area contributed by atoms with Crippen molar-refractivity contribution in [2.75, 3.05) is 31.2 Å². The topological polar surface area (TPSA) is 101 Å². The molecule has 104 valence electrons. The zero-order valence-corrected chi connectivity index (χ0v) is 10.6. The number of amides is 2. The lowest BCUT2D eigenvalue weighted by Crippen LogP contribution is -2.32. The highest BCUT2D eigenvalue weighted by atomic mass is 19.1. The fourth-order valence-electron chi connectivity index (χ4n) is 1.48. The van der Waals surface area contributed by atoms with Crippen LogP contribution in [0.5, 0.6) is 0 Å². The minimum Gasteiger partial charge on any atom is -0.396 e. The lowest BCUT2D eigenvalue weighted by molar-refractivity contribution is -0.120. The summed E-state index contributed by atoms with van der Waals surface area (Å²) in [6.45, 7) is 0.488. The average Bonchev–Trinajstić information content (AvgIpc) is 2.30. The van der Waals surface area contributed by atoms with E-state index in [2.05, 4.69) is 5.32 Å². The third-order valence-electron chi connectivity index (χ3n) is 2.43. The van der Waals surface area contributed by atoms with Crippen molar-refractivity contribution >= 4 is 23.2 Å². The van der Waals surface area contributed by atoms with E-state index in [-0.39, 0.29) is 24.6 Å². The summed E-state index contributed by atoms with van der Waals surface area (Å²) < 4.78 is 12.9. The van der Waals surface area contributed by atoms with E-state index in [9.17, 15) is 14.0 Å². The molecule has 0 bridgehead atoms. The van der Waals surface area contributed by atoms with E-state index in [1.807, 2.05) is 0 Å². The average molecular weight is 268 g/mol. The van der Waals surface area contributed by atoms with E-state index in [0.717, 1.165) is 0 Å². The normalized spacial score (nSPS) is 10.5. The first-order valence-electron chi connectivity index (χ1n) is 5.70. The highest BCUT2D eigenvalue weighted by Crippen LogP contribution is 2.16. The molecule has 1 aromatic carbocycles. The molecule has 0 atom stereocenters. The Morgan fingerprint density at radius 2 is 2.11 bits per heavy atom. The summed E-state index contributed by atoms with van der Waals surface area (Å²) in [5.41, 5.74) is 10.8. The molecule has 5 N–H and O–H groups in total. The van der Waals surface area contributed by atoms with Crippen molar-refractivity contribution in [3.63, 3.8) is 0 Å². The van der Waals surface area contributed by atoms with Crippen LogP contribution in [0.4, 0.5) is 15.8 Å². The van der Waals surface area contributed by atoms with Gasteiger partial charge in [0.15, 0.2) is 0 Å². The number of likely N-dealkylation sites (N-methyl/N-ethyl adjacent to an activating group) is 1. The molecule has 0 heterocycles. The van der Waals surface area contributed by atoms with Gasteiger partial charge in [0.1, 0.15) is 5.82 Å². The molecule has 0 saturated carbocycles. The van der Waals surface area contributed by atoms with E-state index in [1.54, 1.807) is 11.9 Å². The third-order valence-corrected chi connectivity index (χ3v) is 2.43. The van der Waals surface area contributed by atoms with E-state index >= 15 is 0 Å². The van der Waals surface area contributed by atoms with E-state index in [4.69, 9.17) is 11.5 Å². The van der Waals surface area contributed by atoms with Crippen molar-refractivity contribution in [3.05, 3.63) is 24.0 Å². The number of nitrogens with two attached hydrogens (primary N) is 2. The number of anilines is 2. The lowest BCUT2D eigenvalue weighted by Gasteiger charge is -2.14. The van der Waals surface area contributed by atoms with Gasteiger partial charge >= 0.3 is 0 Å². The summed E-state index contributed by atoms with van der Waals surface area (Å²) >= 11 is 0. The number of primary amides is 1. The Kier molecular flexibility index (Phi) is 5.25. The maximum absolute atomic E-state index is 12.9.